The number of likely N-dealkylation sites (N-methyl/N-ethyl adjacent to an activating group) is 1. The van der Waals surface area contributed by atoms with Crippen molar-refractivity contribution in [3.8, 4) is 11.6 Å². The van der Waals surface area contributed by atoms with E-state index in [2.05, 4.69) is 36.0 Å². The van der Waals surface area contributed by atoms with Crippen molar-refractivity contribution >= 4 is 0 Å². The Morgan fingerprint density at radius 1 is 1.21 bits per heavy atom. The third-order valence-electron chi connectivity index (χ3n) is 3.17. The number of ether oxygens (including phenoxy) is 1. The van der Waals surface area contributed by atoms with E-state index < -0.39 is 0 Å². The van der Waals surface area contributed by atoms with Crippen molar-refractivity contribution in [2.75, 3.05) is 26.8 Å². The zero-order valence-electron chi connectivity index (χ0n) is 10.8. The molecule has 2 aromatic heterocycles. The van der Waals surface area contributed by atoms with Gasteiger partial charge in [0.25, 0.3) is 0 Å². The number of aryl methyl sites for hydroxylation is 1. The molecular formula is C9H15N9O. The van der Waals surface area contributed by atoms with Crippen LogP contribution in [0.2, 0.25) is 0 Å². The molecule has 1 unspecified atom stereocenters. The molecule has 0 aliphatic carbocycles. The third kappa shape index (κ3) is 2.08. The fourth-order valence-corrected chi connectivity index (χ4v) is 2.05. The summed E-state index contributed by atoms with van der Waals surface area (Å²) in [6.07, 6.45) is -0.0410. The zero-order chi connectivity index (χ0) is 13.2. The highest BCUT2D eigenvalue weighted by atomic mass is 16.5. The quantitative estimate of drug-likeness (QED) is 0.682. The number of aromatic nitrogens is 8. The van der Waals surface area contributed by atoms with E-state index in [4.69, 9.17) is 4.74 Å². The van der Waals surface area contributed by atoms with Crippen molar-refractivity contribution in [3.63, 3.8) is 0 Å². The van der Waals surface area contributed by atoms with Crippen LogP contribution >= 0.6 is 0 Å². The molecule has 1 aliphatic heterocycles. The summed E-state index contributed by atoms with van der Waals surface area (Å²) < 4.78 is 8.85. The molecule has 0 amide bonds. The Balaban J connectivity index is 1.98. The van der Waals surface area contributed by atoms with Crippen LogP contribution in [0.5, 0.6) is 0 Å². The second-order valence-electron chi connectivity index (χ2n) is 4.30. The van der Waals surface area contributed by atoms with Gasteiger partial charge in [-0.25, -0.2) is 9.36 Å². The molecule has 0 N–H and O–H groups in total. The summed E-state index contributed by atoms with van der Waals surface area (Å²) in [6, 6.07) is 0. The molecule has 2 aromatic rings. The normalized spacial score (nSPS) is 20.8. The summed E-state index contributed by atoms with van der Waals surface area (Å²) in [5.41, 5.74) is 0. The Morgan fingerprint density at radius 2 is 2.00 bits per heavy atom. The largest absolute Gasteiger partial charge is 0.376 e. The maximum atomic E-state index is 5.49. The van der Waals surface area contributed by atoms with E-state index in [1.165, 1.54) is 0 Å². The average Bonchev–Trinajstić information content (AvgIpc) is 3.07. The molecule has 19 heavy (non-hydrogen) atoms. The molecule has 1 saturated heterocycles. The van der Waals surface area contributed by atoms with Crippen LogP contribution in [0.3, 0.4) is 0 Å². The van der Waals surface area contributed by atoms with Crippen LogP contribution in [0.15, 0.2) is 0 Å². The lowest BCUT2D eigenvalue weighted by Crippen LogP contribution is -2.40. The molecule has 0 spiro atoms. The Morgan fingerprint density at radius 3 is 2.79 bits per heavy atom. The number of tetrazole rings is 2. The first-order valence-electron chi connectivity index (χ1n) is 6.13. The molecule has 1 fully saturated rings. The van der Waals surface area contributed by atoms with Gasteiger partial charge in [0.15, 0.2) is 0 Å². The smallest absolute Gasteiger partial charge is 0.223 e. The standard InChI is InChI=1S/C9H15N9O/c1-3-17-8(10-12-14-17)9-11-13-15-18(9)7-6-19-5-4-16(7)2/h7H,3-6H2,1-2H3. The van der Waals surface area contributed by atoms with E-state index in [9.17, 15) is 0 Å². The van der Waals surface area contributed by atoms with Gasteiger partial charge in [0.05, 0.1) is 13.2 Å². The van der Waals surface area contributed by atoms with Gasteiger partial charge in [0.2, 0.25) is 11.6 Å². The molecule has 0 radical (unpaired) electrons. The third-order valence-corrected chi connectivity index (χ3v) is 3.17. The van der Waals surface area contributed by atoms with E-state index in [0.717, 1.165) is 13.2 Å². The topological polar surface area (TPSA) is 99.7 Å². The van der Waals surface area contributed by atoms with Crippen LogP contribution in [0.4, 0.5) is 0 Å². The minimum atomic E-state index is -0.0410. The van der Waals surface area contributed by atoms with Crippen molar-refractivity contribution in [3.05, 3.63) is 0 Å². The lowest BCUT2D eigenvalue weighted by molar-refractivity contribution is -0.0294. The number of hydrogen-bond acceptors (Lipinski definition) is 8. The molecular weight excluding hydrogens is 250 g/mol. The van der Waals surface area contributed by atoms with E-state index in [1.807, 2.05) is 14.0 Å². The predicted molar refractivity (Wildman–Crippen MR) is 62.8 cm³/mol. The van der Waals surface area contributed by atoms with Gasteiger partial charge in [-0.15, -0.1) is 10.2 Å². The van der Waals surface area contributed by atoms with Gasteiger partial charge in [-0.2, -0.15) is 0 Å². The number of hydrogen-bond donors (Lipinski definition) is 0. The molecule has 0 aromatic carbocycles. The van der Waals surface area contributed by atoms with Crippen LogP contribution in [0, 0.1) is 0 Å². The van der Waals surface area contributed by atoms with Crippen LogP contribution in [0.25, 0.3) is 11.6 Å². The zero-order valence-corrected chi connectivity index (χ0v) is 10.8. The first kappa shape index (κ1) is 12.1. The molecule has 0 bridgehead atoms. The minimum Gasteiger partial charge on any atom is -0.376 e. The van der Waals surface area contributed by atoms with E-state index >= 15 is 0 Å². The van der Waals surface area contributed by atoms with Crippen molar-refractivity contribution in [1.29, 1.82) is 0 Å². The number of nitrogens with zero attached hydrogens (tertiary/aromatic N) is 9. The van der Waals surface area contributed by atoms with E-state index in [-0.39, 0.29) is 6.17 Å². The molecule has 3 heterocycles. The second-order valence-corrected chi connectivity index (χ2v) is 4.30. The molecule has 102 valence electrons. The monoisotopic (exact) mass is 265 g/mol. The van der Waals surface area contributed by atoms with Gasteiger partial charge in [-0.3, -0.25) is 4.90 Å². The molecule has 10 heteroatoms. The fraction of sp³-hybridized carbons (Fsp3) is 0.778. The first-order chi connectivity index (χ1) is 9.31. The van der Waals surface area contributed by atoms with Crippen LogP contribution in [-0.2, 0) is 11.3 Å². The Bertz CT molecular complexity index is 549. The van der Waals surface area contributed by atoms with E-state index in [0.29, 0.717) is 24.8 Å². The summed E-state index contributed by atoms with van der Waals surface area (Å²) in [7, 11) is 2.02. The van der Waals surface area contributed by atoms with Gasteiger partial charge in [0, 0.05) is 13.1 Å². The van der Waals surface area contributed by atoms with Crippen LogP contribution in [0.1, 0.15) is 13.1 Å². The summed E-state index contributed by atoms with van der Waals surface area (Å²) in [4.78, 5) is 2.14. The maximum absolute atomic E-state index is 5.49. The fourth-order valence-electron chi connectivity index (χ4n) is 2.05. The van der Waals surface area contributed by atoms with Gasteiger partial charge in [-0.05, 0) is 34.8 Å². The molecule has 10 nitrogen and oxygen atoms in total. The SMILES string of the molecule is CCn1nnnc1-c1nnnn1C1COCCN1C. The minimum absolute atomic E-state index is 0.0410. The predicted octanol–water partition coefficient (Wildman–Crippen LogP) is -1.19. The van der Waals surface area contributed by atoms with Crippen molar-refractivity contribution < 1.29 is 4.74 Å². The maximum Gasteiger partial charge on any atom is 0.223 e. The molecule has 3 rings (SSSR count). The van der Waals surface area contributed by atoms with Crippen molar-refractivity contribution in [2.24, 2.45) is 0 Å². The lowest BCUT2D eigenvalue weighted by Gasteiger charge is -2.32. The van der Waals surface area contributed by atoms with E-state index in [1.54, 1.807) is 9.36 Å². The van der Waals surface area contributed by atoms with Crippen molar-refractivity contribution in [2.45, 2.75) is 19.6 Å². The van der Waals surface area contributed by atoms with Gasteiger partial charge in [0.1, 0.15) is 6.17 Å². The molecule has 1 atom stereocenters. The highest BCUT2D eigenvalue weighted by Gasteiger charge is 2.27. The summed E-state index contributed by atoms with van der Waals surface area (Å²) in [5, 5.41) is 23.4. The summed E-state index contributed by atoms with van der Waals surface area (Å²) in [5.74, 6) is 1.11. The Hall–Kier alpha value is -1.94. The van der Waals surface area contributed by atoms with Crippen LogP contribution < -0.4 is 0 Å². The highest BCUT2D eigenvalue weighted by molar-refractivity contribution is 5.41. The lowest BCUT2D eigenvalue weighted by atomic mass is 10.3. The second kappa shape index (κ2) is 4.97. The molecule has 1 aliphatic rings. The summed E-state index contributed by atoms with van der Waals surface area (Å²) in [6.45, 7) is 4.72. The first-order valence-corrected chi connectivity index (χ1v) is 6.13. The Kier molecular flexibility index (Phi) is 3.17. The van der Waals surface area contributed by atoms with Gasteiger partial charge in [-0.1, -0.05) is 0 Å². The number of rotatable bonds is 3. The van der Waals surface area contributed by atoms with Gasteiger partial charge >= 0.3 is 0 Å². The van der Waals surface area contributed by atoms with Gasteiger partial charge < -0.3 is 4.74 Å². The van der Waals surface area contributed by atoms with Crippen LogP contribution in [-0.4, -0.2) is 72.1 Å². The highest BCUT2D eigenvalue weighted by Crippen LogP contribution is 2.20. The molecule has 0 saturated carbocycles. The summed E-state index contributed by atoms with van der Waals surface area (Å²) >= 11 is 0. The van der Waals surface area contributed by atoms with Crippen molar-refractivity contribution in [1.82, 2.24) is 45.3 Å². The average molecular weight is 265 g/mol. The number of morpholine rings is 1. The Labute approximate surface area is 109 Å².